The Morgan fingerprint density at radius 2 is 2.40 bits per heavy atom. The highest BCUT2D eigenvalue weighted by molar-refractivity contribution is 6.19. The lowest BCUT2D eigenvalue weighted by molar-refractivity contribution is 0.195. The van der Waals surface area contributed by atoms with E-state index >= 15 is 0 Å². The maximum absolute atomic E-state index is 11.6. The lowest BCUT2D eigenvalue weighted by atomic mass is 10.3. The van der Waals surface area contributed by atoms with E-state index in [1.807, 2.05) is 5.32 Å². The zero-order valence-corrected chi connectivity index (χ0v) is 5.86. The largest absolute Gasteiger partial charge is 0.465 e. The Balaban J connectivity index is 3.56. The molecule has 0 saturated heterocycles. The van der Waals surface area contributed by atoms with Gasteiger partial charge in [0, 0.05) is 12.4 Å². The number of hydrogen-bond acceptors (Lipinski definition) is 1. The van der Waals surface area contributed by atoms with Gasteiger partial charge in [-0.3, -0.25) is 0 Å². The molecule has 2 N–H and O–H groups in total. The molecule has 0 rings (SSSR count). The van der Waals surface area contributed by atoms with Crippen LogP contribution in [-0.4, -0.2) is 23.6 Å². The van der Waals surface area contributed by atoms with Gasteiger partial charge in [0.25, 0.3) is 0 Å². The van der Waals surface area contributed by atoms with Crippen LogP contribution < -0.4 is 5.32 Å². The third kappa shape index (κ3) is 4.14. The number of carbonyl (C=O) groups is 1. The van der Waals surface area contributed by atoms with Gasteiger partial charge in [-0.2, -0.15) is 0 Å². The van der Waals surface area contributed by atoms with Crippen molar-refractivity contribution in [2.24, 2.45) is 0 Å². The average molecular weight is 168 g/mol. The maximum Gasteiger partial charge on any atom is 0.404 e. The highest BCUT2D eigenvalue weighted by Crippen LogP contribution is 1.95. The Morgan fingerprint density at radius 1 is 1.80 bits per heavy atom. The molecule has 0 aromatic rings. The van der Waals surface area contributed by atoms with Crippen molar-refractivity contribution in [1.82, 2.24) is 5.32 Å². The average Bonchev–Trinajstić information content (AvgIpc) is 1.90. The molecule has 0 bridgehead atoms. The van der Waals surface area contributed by atoms with E-state index in [9.17, 15) is 9.18 Å². The van der Waals surface area contributed by atoms with Gasteiger partial charge in [0.1, 0.15) is 0 Å². The number of amides is 1. The Hall–Kier alpha value is -0.770. The first kappa shape index (κ1) is 9.23. The lowest BCUT2D eigenvalue weighted by Gasteiger charge is -1.99. The monoisotopic (exact) mass is 167 g/mol. The Kier molecular flexibility index (Phi) is 4.66. The molecule has 0 atom stereocenters. The highest BCUT2D eigenvalue weighted by Gasteiger charge is 1.97. The zero-order valence-electron chi connectivity index (χ0n) is 5.10. The zero-order chi connectivity index (χ0) is 7.98. The third-order valence-electron chi connectivity index (χ3n) is 0.793. The first-order valence-corrected chi connectivity index (χ1v) is 3.05. The summed E-state index contributed by atoms with van der Waals surface area (Å²) in [5, 5.41) is 10.0. The fourth-order valence-corrected chi connectivity index (χ4v) is 0.457. The topological polar surface area (TPSA) is 49.3 Å². The molecule has 58 valence electrons. The van der Waals surface area contributed by atoms with Gasteiger partial charge in [0.2, 0.25) is 0 Å². The number of rotatable bonds is 3. The van der Waals surface area contributed by atoms with Crippen molar-refractivity contribution in [3.05, 3.63) is 11.9 Å². The van der Waals surface area contributed by atoms with Crippen molar-refractivity contribution in [3.8, 4) is 0 Å². The van der Waals surface area contributed by atoms with E-state index in [-0.39, 0.29) is 18.0 Å². The Bertz CT molecular complexity index is 149. The minimum atomic E-state index is -1.19. The van der Waals surface area contributed by atoms with Crippen LogP contribution in [0.5, 0.6) is 0 Å². The summed E-state index contributed by atoms with van der Waals surface area (Å²) in [5.74, 6) is -0.00319. The summed E-state index contributed by atoms with van der Waals surface area (Å²) in [7, 11) is 0. The molecule has 0 heterocycles. The van der Waals surface area contributed by atoms with E-state index < -0.39 is 6.09 Å². The molecular formula is C5H7ClFNO2. The minimum Gasteiger partial charge on any atom is -0.465 e. The van der Waals surface area contributed by atoms with Crippen molar-refractivity contribution in [2.45, 2.75) is 0 Å². The fourth-order valence-electron chi connectivity index (χ4n) is 0.304. The minimum absolute atomic E-state index is 0.00319. The fraction of sp³-hybridized carbons (Fsp3) is 0.400. The molecule has 0 spiro atoms. The Morgan fingerprint density at radius 3 is 2.70 bits per heavy atom. The van der Waals surface area contributed by atoms with E-state index in [0.29, 0.717) is 6.33 Å². The van der Waals surface area contributed by atoms with E-state index in [1.54, 1.807) is 0 Å². The van der Waals surface area contributed by atoms with Crippen LogP contribution in [0.1, 0.15) is 0 Å². The van der Waals surface area contributed by atoms with E-state index in [2.05, 4.69) is 0 Å². The van der Waals surface area contributed by atoms with Crippen molar-refractivity contribution >= 4 is 17.7 Å². The van der Waals surface area contributed by atoms with Gasteiger partial charge >= 0.3 is 6.09 Å². The van der Waals surface area contributed by atoms with Gasteiger partial charge in [-0.1, -0.05) is 0 Å². The molecule has 0 aliphatic heterocycles. The van der Waals surface area contributed by atoms with Crippen molar-refractivity contribution in [3.63, 3.8) is 0 Å². The predicted molar refractivity (Wildman–Crippen MR) is 35.9 cm³/mol. The van der Waals surface area contributed by atoms with Gasteiger partial charge in [0.05, 0.1) is 6.33 Å². The van der Waals surface area contributed by atoms with Gasteiger partial charge in [-0.25, -0.2) is 9.18 Å². The second kappa shape index (κ2) is 5.05. The van der Waals surface area contributed by atoms with Crippen molar-refractivity contribution in [1.29, 1.82) is 0 Å². The molecule has 0 aromatic carbocycles. The van der Waals surface area contributed by atoms with Gasteiger partial charge in [-0.05, 0) is 5.57 Å². The number of carboxylic acid groups (broad SMARTS) is 1. The molecule has 5 heteroatoms. The smallest absolute Gasteiger partial charge is 0.404 e. The third-order valence-corrected chi connectivity index (χ3v) is 1.14. The summed E-state index contributed by atoms with van der Waals surface area (Å²) < 4.78 is 11.6. The summed E-state index contributed by atoms with van der Waals surface area (Å²) in [6.07, 6.45) is -0.896. The molecule has 3 nitrogen and oxygen atoms in total. The van der Waals surface area contributed by atoms with Gasteiger partial charge in [-0.15, -0.1) is 11.6 Å². The first-order chi connectivity index (χ1) is 4.70. The number of alkyl halides is 1. The predicted octanol–water partition coefficient (Wildman–Crippen LogP) is 1.35. The first-order valence-electron chi connectivity index (χ1n) is 2.51. The quantitative estimate of drug-likeness (QED) is 0.624. The van der Waals surface area contributed by atoms with Gasteiger partial charge < -0.3 is 10.4 Å². The molecule has 0 aliphatic rings. The lowest BCUT2D eigenvalue weighted by Crippen LogP contribution is -2.23. The van der Waals surface area contributed by atoms with Crippen LogP contribution in [0.25, 0.3) is 0 Å². The van der Waals surface area contributed by atoms with Crippen molar-refractivity contribution in [2.75, 3.05) is 12.4 Å². The Labute approximate surface area is 62.5 Å². The number of halogens is 2. The molecule has 0 saturated carbocycles. The van der Waals surface area contributed by atoms with Crippen LogP contribution in [0.15, 0.2) is 11.9 Å². The molecule has 0 aromatic heterocycles. The van der Waals surface area contributed by atoms with Crippen LogP contribution in [0.2, 0.25) is 0 Å². The SMILES string of the molecule is O=C(O)NC/C(=C\F)CCl. The normalized spacial score (nSPS) is 11.2. The second-order valence-corrected chi connectivity index (χ2v) is 1.83. The van der Waals surface area contributed by atoms with Crippen molar-refractivity contribution < 1.29 is 14.3 Å². The number of nitrogens with one attached hydrogen (secondary N) is 1. The molecule has 10 heavy (non-hydrogen) atoms. The van der Waals surface area contributed by atoms with Crippen LogP contribution in [-0.2, 0) is 0 Å². The standard InChI is InChI=1S/C5H7ClFNO2/c6-1-4(2-7)3-8-5(9)10/h2,8H,1,3H2,(H,9,10)/b4-2-. The maximum atomic E-state index is 11.6. The molecule has 0 radical (unpaired) electrons. The highest BCUT2D eigenvalue weighted by atomic mass is 35.5. The van der Waals surface area contributed by atoms with E-state index in [1.165, 1.54) is 0 Å². The summed E-state index contributed by atoms with van der Waals surface area (Å²) in [6, 6.07) is 0. The van der Waals surface area contributed by atoms with Crippen LogP contribution >= 0.6 is 11.6 Å². The summed E-state index contributed by atoms with van der Waals surface area (Å²) >= 11 is 5.21. The molecule has 0 fully saturated rings. The van der Waals surface area contributed by atoms with E-state index in [0.717, 1.165) is 0 Å². The molecule has 1 amide bonds. The van der Waals surface area contributed by atoms with Gasteiger partial charge in [0.15, 0.2) is 0 Å². The summed E-state index contributed by atoms with van der Waals surface area (Å²) in [5.41, 5.74) is 0.212. The molecular weight excluding hydrogens is 161 g/mol. The van der Waals surface area contributed by atoms with E-state index in [4.69, 9.17) is 16.7 Å². The summed E-state index contributed by atoms with van der Waals surface area (Å²) in [4.78, 5) is 9.83. The molecule has 0 unspecified atom stereocenters. The number of hydrogen-bond donors (Lipinski definition) is 2. The second-order valence-electron chi connectivity index (χ2n) is 1.56. The van der Waals surface area contributed by atoms with Crippen LogP contribution in [0.3, 0.4) is 0 Å². The van der Waals surface area contributed by atoms with Crippen LogP contribution in [0, 0.1) is 0 Å². The van der Waals surface area contributed by atoms with Crippen LogP contribution in [0.4, 0.5) is 9.18 Å². The summed E-state index contributed by atoms with van der Waals surface area (Å²) in [6.45, 7) is -0.0602. The molecule has 0 aliphatic carbocycles.